The second kappa shape index (κ2) is 8.08. The highest BCUT2D eigenvalue weighted by Gasteiger charge is 2.21. The monoisotopic (exact) mass is 226 g/mol. The van der Waals surface area contributed by atoms with E-state index in [0.717, 1.165) is 12.0 Å². The molecule has 1 heterocycles. The molecule has 1 N–H and O–H groups in total. The molecule has 1 fully saturated rings. The molecule has 0 aromatic heterocycles. The molecule has 0 radical (unpaired) electrons. The quantitative estimate of drug-likeness (QED) is 0.672. The van der Waals surface area contributed by atoms with Gasteiger partial charge in [0.25, 0.3) is 0 Å². The summed E-state index contributed by atoms with van der Waals surface area (Å²) in [5.74, 6) is 0.839. The van der Waals surface area contributed by atoms with Crippen LogP contribution in [0.5, 0.6) is 0 Å². The van der Waals surface area contributed by atoms with Gasteiger partial charge < -0.3 is 5.32 Å². The van der Waals surface area contributed by atoms with Crippen molar-refractivity contribution in [3.8, 4) is 0 Å². The van der Waals surface area contributed by atoms with Crippen molar-refractivity contribution in [1.82, 2.24) is 10.2 Å². The molecule has 1 rings (SSSR count). The minimum atomic E-state index is 0.805. The lowest BCUT2D eigenvalue weighted by Gasteiger charge is -2.36. The van der Waals surface area contributed by atoms with Gasteiger partial charge in [-0.1, -0.05) is 27.2 Å². The normalized spacial score (nSPS) is 22.9. The van der Waals surface area contributed by atoms with E-state index in [-0.39, 0.29) is 0 Å². The Kier molecular flexibility index (Phi) is 7.06. The number of rotatable bonds is 7. The molecular weight excluding hydrogens is 196 g/mol. The van der Waals surface area contributed by atoms with Gasteiger partial charge in [0.1, 0.15) is 0 Å². The summed E-state index contributed by atoms with van der Waals surface area (Å²) in [5.41, 5.74) is 0. The summed E-state index contributed by atoms with van der Waals surface area (Å²) < 4.78 is 0. The fourth-order valence-corrected chi connectivity index (χ4v) is 2.46. The van der Waals surface area contributed by atoms with Crippen LogP contribution in [0.3, 0.4) is 0 Å². The highest BCUT2D eigenvalue weighted by Crippen LogP contribution is 2.17. The number of nitrogens with one attached hydrogen (secondary N) is 1. The fourth-order valence-electron chi connectivity index (χ4n) is 2.46. The molecular formula is C14H30N2. The van der Waals surface area contributed by atoms with Gasteiger partial charge in [-0.25, -0.2) is 0 Å². The summed E-state index contributed by atoms with van der Waals surface area (Å²) in [4.78, 5) is 2.71. The molecule has 0 saturated carbocycles. The van der Waals surface area contributed by atoms with Gasteiger partial charge in [0.2, 0.25) is 0 Å². The highest BCUT2D eigenvalue weighted by atomic mass is 15.2. The Morgan fingerprint density at radius 3 is 2.81 bits per heavy atom. The Bertz CT molecular complexity index is 168. The van der Waals surface area contributed by atoms with Crippen molar-refractivity contribution in [2.24, 2.45) is 5.92 Å². The van der Waals surface area contributed by atoms with Gasteiger partial charge >= 0.3 is 0 Å². The topological polar surface area (TPSA) is 15.3 Å². The van der Waals surface area contributed by atoms with E-state index in [0.29, 0.717) is 0 Å². The molecule has 16 heavy (non-hydrogen) atoms. The van der Waals surface area contributed by atoms with Gasteiger partial charge in [-0.3, -0.25) is 4.90 Å². The summed E-state index contributed by atoms with van der Waals surface area (Å²) >= 11 is 0. The van der Waals surface area contributed by atoms with Crippen molar-refractivity contribution in [3.05, 3.63) is 0 Å². The first-order valence-electron chi connectivity index (χ1n) is 7.18. The van der Waals surface area contributed by atoms with Crippen molar-refractivity contribution in [2.75, 3.05) is 26.2 Å². The molecule has 1 aliphatic heterocycles. The van der Waals surface area contributed by atoms with Gasteiger partial charge in [-0.15, -0.1) is 0 Å². The van der Waals surface area contributed by atoms with Gasteiger partial charge in [-0.05, 0) is 51.2 Å². The second-order valence-corrected chi connectivity index (χ2v) is 5.57. The van der Waals surface area contributed by atoms with Crippen molar-refractivity contribution in [1.29, 1.82) is 0 Å². The predicted molar refractivity (Wildman–Crippen MR) is 71.8 cm³/mol. The van der Waals surface area contributed by atoms with E-state index in [1.54, 1.807) is 0 Å². The first kappa shape index (κ1) is 14.0. The molecule has 0 aromatic rings. The van der Waals surface area contributed by atoms with E-state index < -0.39 is 0 Å². The number of nitrogens with zero attached hydrogens (tertiary/aromatic N) is 1. The second-order valence-electron chi connectivity index (χ2n) is 5.57. The Morgan fingerprint density at radius 2 is 2.12 bits per heavy atom. The molecule has 1 saturated heterocycles. The molecule has 0 aromatic carbocycles. The van der Waals surface area contributed by atoms with E-state index in [2.05, 4.69) is 31.0 Å². The fraction of sp³-hybridized carbons (Fsp3) is 1.00. The molecule has 1 atom stereocenters. The lowest BCUT2D eigenvalue weighted by Crippen LogP contribution is -2.46. The highest BCUT2D eigenvalue weighted by molar-refractivity contribution is 4.78. The molecule has 0 bridgehead atoms. The summed E-state index contributed by atoms with van der Waals surface area (Å²) in [7, 11) is 0. The van der Waals surface area contributed by atoms with Gasteiger partial charge in [0.05, 0.1) is 0 Å². The zero-order chi connectivity index (χ0) is 11.8. The maximum Gasteiger partial charge on any atom is 0.0220 e. The molecule has 1 aliphatic rings. The van der Waals surface area contributed by atoms with E-state index in [1.807, 2.05) is 0 Å². The smallest absolute Gasteiger partial charge is 0.0220 e. The largest absolute Gasteiger partial charge is 0.315 e. The lowest BCUT2D eigenvalue weighted by molar-refractivity contribution is 0.138. The number of likely N-dealkylation sites (tertiary alicyclic amines) is 1. The first-order valence-corrected chi connectivity index (χ1v) is 7.18. The minimum absolute atomic E-state index is 0.805. The Labute approximate surface area is 102 Å². The van der Waals surface area contributed by atoms with E-state index >= 15 is 0 Å². The number of hydrogen-bond acceptors (Lipinski definition) is 2. The van der Waals surface area contributed by atoms with Crippen LogP contribution in [0.15, 0.2) is 0 Å². The lowest BCUT2D eigenvalue weighted by atomic mass is 10.0. The zero-order valence-corrected chi connectivity index (χ0v) is 11.5. The van der Waals surface area contributed by atoms with Gasteiger partial charge in [0, 0.05) is 12.6 Å². The Hall–Kier alpha value is -0.0800. The van der Waals surface area contributed by atoms with E-state index in [4.69, 9.17) is 0 Å². The van der Waals surface area contributed by atoms with E-state index in [1.165, 1.54) is 58.3 Å². The van der Waals surface area contributed by atoms with Gasteiger partial charge in [0.15, 0.2) is 0 Å². The van der Waals surface area contributed by atoms with E-state index in [9.17, 15) is 0 Å². The predicted octanol–water partition coefficient (Wildman–Crippen LogP) is 2.89. The Balaban J connectivity index is 2.26. The van der Waals surface area contributed by atoms with Crippen molar-refractivity contribution in [3.63, 3.8) is 0 Å². The van der Waals surface area contributed by atoms with Crippen LogP contribution in [0.4, 0.5) is 0 Å². The first-order chi connectivity index (χ1) is 7.74. The average molecular weight is 226 g/mol. The third kappa shape index (κ3) is 5.31. The van der Waals surface area contributed by atoms with Crippen LogP contribution in [0, 0.1) is 5.92 Å². The standard InChI is InChI=1S/C14H30N2/c1-4-9-15-12-14-7-5-6-10-16(14)11-8-13(2)3/h13-15H,4-12H2,1-3H3. The minimum Gasteiger partial charge on any atom is -0.315 e. The van der Waals surface area contributed by atoms with Crippen LogP contribution >= 0.6 is 0 Å². The molecule has 0 aliphatic carbocycles. The van der Waals surface area contributed by atoms with Crippen molar-refractivity contribution < 1.29 is 0 Å². The molecule has 0 spiro atoms. The van der Waals surface area contributed by atoms with Crippen LogP contribution in [0.25, 0.3) is 0 Å². The van der Waals surface area contributed by atoms with Crippen LogP contribution < -0.4 is 5.32 Å². The maximum absolute atomic E-state index is 3.58. The molecule has 0 amide bonds. The SMILES string of the molecule is CCCNCC1CCCCN1CCC(C)C. The summed E-state index contributed by atoms with van der Waals surface area (Å²) in [5, 5.41) is 3.58. The summed E-state index contributed by atoms with van der Waals surface area (Å²) in [6.45, 7) is 11.9. The van der Waals surface area contributed by atoms with Gasteiger partial charge in [-0.2, -0.15) is 0 Å². The third-order valence-electron chi connectivity index (χ3n) is 3.55. The van der Waals surface area contributed by atoms with Crippen LogP contribution in [0.2, 0.25) is 0 Å². The molecule has 96 valence electrons. The maximum atomic E-state index is 3.58. The molecule has 1 unspecified atom stereocenters. The van der Waals surface area contributed by atoms with Crippen LogP contribution in [0.1, 0.15) is 52.9 Å². The summed E-state index contributed by atoms with van der Waals surface area (Å²) in [6.07, 6.45) is 6.83. The summed E-state index contributed by atoms with van der Waals surface area (Å²) in [6, 6.07) is 0.805. The number of hydrogen-bond donors (Lipinski definition) is 1. The zero-order valence-electron chi connectivity index (χ0n) is 11.5. The van der Waals surface area contributed by atoms with Crippen molar-refractivity contribution in [2.45, 2.75) is 58.9 Å². The van der Waals surface area contributed by atoms with Crippen LogP contribution in [-0.2, 0) is 0 Å². The Morgan fingerprint density at radius 1 is 1.31 bits per heavy atom. The number of piperidine rings is 1. The van der Waals surface area contributed by atoms with Crippen LogP contribution in [-0.4, -0.2) is 37.1 Å². The molecule has 2 heteroatoms. The van der Waals surface area contributed by atoms with Crippen molar-refractivity contribution >= 4 is 0 Å². The molecule has 2 nitrogen and oxygen atoms in total. The average Bonchev–Trinajstić information content (AvgIpc) is 2.28. The third-order valence-corrected chi connectivity index (χ3v) is 3.55.